The molecule has 0 aliphatic carbocycles. The minimum atomic E-state index is -0.202. The first-order valence-electron chi connectivity index (χ1n) is 11.7. The number of hydrogen-bond donors (Lipinski definition) is 0. The van der Waals surface area contributed by atoms with Gasteiger partial charge in [-0.3, -0.25) is 0 Å². The van der Waals surface area contributed by atoms with Gasteiger partial charge in [-0.05, 0) is 79.3 Å². The van der Waals surface area contributed by atoms with E-state index in [-0.39, 0.29) is 11.9 Å². The van der Waals surface area contributed by atoms with E-state index < -0.39 is 0 Å². The van der Waals surface area contributed by atoms with Crippen LogP contribution in [0.25, 0.3) is 11.8 Å². The van der Waals surface area contributed by atoms with Gasteiger partial charge in [0.25, 0.3) is 0 Å². The van der Waals surface area contributed by atoms with Crippen LogP contribution in [0.3, 0.4) is 0 Å². The predicted molar refractivity (Wildman–Crippen MR) is 131 cm³/mol. The van der Waals surface area contributed by atoms with E-state index in [4.69, 9.17) is 9.57 Å². The molecule has 7 heteroatoms. The SMILES string of the molecule is COc1cc(/C=C2\CCCN3C2=NOCC[C@H]3c2cc(C)cc(F)c2)ccc1-n1cnc(C)c1. The van der Waals surface area contributed by atoms with Gasteiger partial charge in [0, 0.05) is 19.2 Å². The molecule has 5 rings (SSSR count). The highest BCUT2D eigenvalue weighted by Gasteiger charge is 2.31. The van der Waals surface area contributed by atoms with Crippen molar-refractivity contribution < 1.29 is 14.0 Å². The molecule has 1 saturated heterocycles. The van der Waals surface area contributed by atoms with E-state index in [1.54, 1.807) is 25.6 Å². The predicted octanol–water partition coefficient (Wildman–Crippen LogP) is 5.59. The fourth-order valence-electron chi connectivity index (χ4n) is 4.88. The summed E-state index contributed by atoms with van der Waals surface area (Å²) in [5, 5.41) is 4.49. The van der Waals surface area contributed by atoms with Crippen LogP contribution >= 0.6 is 0 Å². The lowest BCUT2D eigenvalue weighted by Gasteiger charge is -2.36. The van der Waals surface area contributed by atoms with Crippen LogP contribution in [0.2, 0.25) is 0 Å². The molecule has 1 fully saturated rings. The van der Waals surface area contributed by atoms with Crippen LogP contribution in [0.1, 0.15) is 47.7 Å². The number of benzene rings is 2. The van der Waals surface area contributed by atoms with Gasteiger partial charge in [-0.25, -0.2) is 9.37 Å². The number of imidazole rings is 1. The summed E-state index contributed by atoms with van der Waals surface area (Å²) in [5.74, 6) is 1.40. The maximum absolute atomic E-state index is 14.2. The van der Waals surface area contributed by atoms with E-state index in [1.807, 2.05) is 36.7 Å². The molecule has 176 valence electrons. The summed E-state index contributed by atoms with van der Waals surface area (Å²) in [6.45, 7) is 5.26. The van der Waals surface area contributed by atoms with Gasteiger partial charge in [0.2, 0.25) is 0 Å². The molecule has 6 nitrogen and oxygen atoms in total. The molecule has 3 aromatic rings. The first-order valence-corrected chi connectivity index (χ1v) is 11.7. The summed E-state index contributed by atoms with van der Waals surface area (Å²) in [6.07, 6.45) is 8.57. The van der Waals surface area contributed by atoms with Crippen LogP contribution in [0.15, 0.2) is 59.7 Å². The van der Waals surface area contributed by atoms with Gasteiger partial charge in [0.15, 0.2) is 5.84 Å². The lowest BCUT2D eigenvalue weighted by atomic mass is 9.94. The molecule has 34 heavy (non-hydrogen) atoms. The molecule has 1 atom stereocenters. The molecule has 0 amide bonds. The van der Waals surface area contributed by atoms with Crippen molar-refractivity contribution >= 4 is 11.9 Å². The van der Waals surface area contributed by atoms with Gasteiger partial charge in [-0.2, -0.15) is 0 Å². The van der Waals surface area contributed by atoms with Gasteiger partial charge in [0.1, 0.15) is 18.2 Å². The average molecular weight is 461 g/mol. The minimum Gasteiger partial charge on any atom is -0.495 e. The highest BCUT2D eigenvalue weighted by atomic mass is 19.1. The zero-order chi connectivity index (χ0) is 23.7. The Morgan fingerprint density at radius 2 is 2.06 bits per heavy atom. The van der Waals surface area contributed by atoms with Crippen molar-refractivity contribution in [3.05, 3.63) is 82.7 Å². The maximum atomic E-state index is 14.2. The Kier molecular flexibility index (Phi) is 6.09. The number of piperidine rings is 1. The molecule has 3 heterocycles. The van der Waals surface area contributed by atoms with Crippen molar-refractivity contribution in [2.75, 3.05) is 20.3 Å². The second kappa shape index (κ2) is 9.33. The smallest absolute Gasteiger partial charge is 0.171 e. The van der Waals surface area contributed by atoms with Gasteiger partial charge in [-0.1, -0.05) is 17.3 Å². The number of fused-ring (bicyclic) bond motifs is 1. The Bertz CT molecular complexity index is 1240. The zero-order valence-corrected chi connectivity index (χ0v) is 19.8. The number of oxime groups is 1. The lowest BCUT2D eigenvalue weighted by molar-refractivity contribution is 0.140. The number of rotatable bonds is 4. The van der Waals surface area contributed by atoms with E-state index in [2.05, 4.69) is 33.2 Å². The van der Waals surface area contributed by atoms with Crippen LogP contribution in [0.4, 0.5) is 4.39 Å². The first-order chi connectivity index (χ1) is 16.5. The number of amidine groups is 1. The van der Waals surface area contributed by atoms with E-state index in [1.165, 1.54) is 0 Å². The number of nitrogens with zero attached hydrogens (tertiary/aromatic N) is 4. The summed E-state index contributed by atoms with van der Waals surface area (Å²) in [7, 11) is 1.68. The zero-order valence-electron chi connectivity index (χ0n) is 19.8. The molecule has 0 saturated carbocycles. The standard InChI is InChI=1S/C27H29FN4O2/c1-18-11-22(15-23(28)12-18)24-8-10-34-30-27-21(5-4-9-32(24)27)13-20-6-7-25(26(14-20)33-3)31-16-19(2)29-17-31/h6-7,11-17,24H,4-5,8-10H2,1-3H3/b21-13+/t24-/m0/s1. The third-order valence-corrected chi connectivity index (χ3v) is 6.40. The topological polar surface area (TPSA) is 51.9 Å². The second-order valence-corrected chi connectivity index (χ2v) is 8.93. The molecule has 0 N–H and O–H groups in total. The van der Waals surface area contributed by atoms with Gasteiger partial charge in [-0.15, -0.1) is 0 Å². The number of ether oxygens (including phenoxy) is 1. The maximum Gasteiger partial charge on any atom is 0.171 e. The van der Waals surface area contributed by atoms with E-state index in [9.17, 15) is 4.39 Å². The number of hydrogen-bond acceptors (Lipinski definition) is 5. The molecule has 0 radical (unpaired) electrons. The van der Waals surface area contributed by atoms with Crippen molar-refractivity contribution in [3.8, 4) is 11.4 Å². The Morgan fingerprint density at radius 1 is 1.18 bits per heavy atom. The van der Waals surface area contributed by atoms with Crippen LogP contribution in [0.5, 0.6) is 5.75 Å². The third-order valence-electron chi connectivity index (χ3n) is 6.40. The Labute approximate surface area is 199 Å². The van der Waals surface area contributed by atoms with Crippen molar-refractivity contribution in [3.63, 3.8) is 0 Å². The summed E-state index contributed by atoms with van der Waals surface area (Å²) in [5.41, 5.74) is 5.92. The quantitative estimate of drug-likeness (QED) is 0.509. The van der Waals surface area contributed by atoms with Gasteiger partial charge in [0.05, 0.1) is 30.9 Å². The summed E-state index contributed by atoms with van der Waals surface area (Å²) < 4.78 is 21.8. The summed E-state index contributed by atoms with van der Waals surface area (Å²) in [4.78, 5) is 12.2. The Balaban J connectivity index is 1.48. The highest BCUT2D eigenvalue weighted by molar-refractivity contribution is 6.02. The van der Waals surface area contributed by atoms with Crippen molar-refractivity contribution in [2.24, 2.45) is 5.16 Å². The molecule has 0 unspecified atom stereocenters. The van der Waals surface area contributed by atoms with Gasteiger partial charge >= 0.3 is 0 Å². The Morgan fingerprint density at radius 3 is 2.82 bits per heavy atom. The molecule has 2 aromatic carbocycles. The van der Waals surface area contributed by atoms with Crippen molar-refractivity contribution in [1.82, 2.24) is 14.5 Å². The molecule has 2 aliphatic heterocycles. The fourth-order valence-corrected chi connectivity index (χ4v) is 4.88. The van der Waals surface area contributed by atoms with E-state index in [0.29, 0.717) is 6.61 Å². The molecule has 0 spiro atoms. The largest absolute Gasteiger partial charge is 0.495 e. The fraction of sp³-hybridized carbons (Fsp3) is 0.333. The molecule has 0 bridgehead atoms. The Hall–Kier alpha value is -3.61. The summed E-state index contributed by atoms with van der Waals surface area (Å²) >= 11 is 0. The third kappa shape index (κ3) is 4.42. The highest BCUT2D eigenvalue weighted by Crippen LogP contribution is 2.35. The van der Waals surface area contributed by atoms with E-state index >= 15 is 0 Å². The van der Waals surface area contributed by atoms with Crippen molar-refractivity contribution in [2.45, 2.75) is 39.2 Å². The van der Waals surface area contributed by atoms with Crippen LogP contribution in [0, 0.1) is 19.7 Å². The molecule has 1 aromatic heterocycles. The molecule has 2 aliphatic rings. The molecular formula is C27H29FN4O2. The number of aromatic nitrogens is 2. The number of aryl methyl sites for hydroxylation is 2. The van der Waals surface area contributed by atoms with Crippen LogP contribution in [-0.4, -0.2) is 40.5 Å². The molecular weight excluding hydrogens is 431 g/mol. The lowest BCUT2D eigenvalue weighted by Crippen LogP contribution is -2.39. The number of methoxy groups -OCH3 is 1. The van der Waals surface area contributed by atoms with Crippen LogP contribution in [-0.2, 0) is 4.84 Å². The number of halogens is 1. The van der Waals surface area contributed by atoms with Crippen molar-refractivity contribution in [1.29, 1.82) is 0 Å². The average Bonchev–Trinajstić information content (AvgIpc) is 3.12. The van der Waals surface area contributed by atoms with Gasteiger partial charge < -0.3 is 19.0 Å². The summed E-state index contributed by atoms with van der Waals surface area (Å²) in [6, 6.07) is 11.4. The normalized spacial score (nSPS) is 19.3. The monoisotopic (exact) mass is 460 g/mol. The minimum absolute atomic E-state index is 0.0285. The van der Waals surface area contributed by atoms with E-state index in [0.717, 1.165) is 71.0 Å². The van der Waals surface area contributed by atoms with Crippen LogP contribution < -0.4 is 4.74 Å². The first kappa shape index (κ1) is 22.2. The second-order valence-electron chi connectivity index (χ2n) is 8.93.